The molecule has 0 fully saturated rings. The van der Waals surface area contributed by atoms with Gasteiger partial charge in [0.25, 0.3) is 0 Å². The van der Waals surface area contributed by atoms with Gasteiger partial charge in [-0.05, 0) is 19.8 Å². The Hall–Kier alpha value is -1.85. The summed E-state index contributed by atoms with van der Waals surface area (Å²) in [7, 11) is 0. The molecule has 108 valence electrons. The van der Waals surface area contributed by atoms with Crippen molar-refractivity contribution in [2.24, 2.45) is 4.99 Å². The number of anilines is 1. The van der Waals surface area contributed by atoms with Crippen LogP contribution in [0.15, 0.2) is 11.3 Å². The highest BCUT2D eigenvalue weighted by atomic mass is 16.2. The zero-order chi connectivity index (χ0) is 14.3. The van der Waals surface area contributed by atoms with Crippen molar-refractivity contribution in [2.75, 3.05) is 18.0 Å². The van der Waals surface area contributed by atoms with Crippen LogP contribution in [0.4, 0.5) is 10.6 Å². The zero-order valence-corrected chi connectivity index (χ0v) is 12.3. The van der Waals surface area contributed by atoms with Gasteiger partial charge >= 0.3 is 6.03 Å². The molecule has 2 aliphatic rings. The fraction of sp³-hybridized carbons (Fsp3) is 0.643. The van der Waals surface area contributed by atoms with E-state index in [2.05, 4.69) is 28.4 Å². The van der Waals surface area contributed by atoms with Crippen LogP contribution in [0, 0.1) is 0 Å². The van der Waals surface area contributed by atoms with Crippen LogP contribution in [-0.4, -0.2) is 45.4 Å². The first kappa shape index (κ1) is 13.1. The highest BCUT2D eigenvalue weighted by molar-refractivity contribution is 6.18. The maximum absolute atomic E-state index is 12.7. The second-order valence-electron chi connectivity index (χ2n) is 5.46. The van der Waals surface area contributed by atoms with E-state index in [4.69, 9.17) is 0 Å². The van der Waals surface area contributed by atoms with E-state index in [0.717, 1.165) is 43.3 Å². The van der Waals surface area contributed by atoms with E-state index in [1.54, 1.807) is 4.90 Å². The average Bonchev–Trinajstić information content (AvgIpc) is 2.99. The molecule has 1 atom stereocenters. The molecule has 0 aliphatic carbocycles. The number of urea groups is 1. The number of nitrogens with zero attached hydrogens (tertiary/aromatic N) is 5. The van der Waals surface area contributed by atoms with E-state index in [9.17, 15) is 4.79 Å². The standard InChI is InChI=1S/C14H21N5O/c1-4-6-17-9-15-11-12-16-10(3)8-19(12)14(20)18(7-5-2)13(11)17/h9-10H,4-8H2,1-3H3/t10-/m0/s1. The molecular formula is C14H21N5O. The van der Waals surface area contributed by atoms with Crippen LogP contribution in [0.25, 0.3) is 0 Å². The SMILES string of the molecule is CCCN1C(=O)N2C[C@H](C)N=C2c2ncn(CCC)c21. The zero-order valence-electron chi connectivity index (χ0n) is 12.3. The summed E-state index contributed by atoms with van der Waals surface area (Å²) in [5.74, 6) is 1.67. The highest BCUT2D eigenvalue weighted by Gasteiger charge is 2.41. The predicted molar refractivity (Wildman–Crippen MR) is 78.3 cm³/mol. The topological polar surface area (TPSA) is 53.7 Å². The summed E-state index contributed by atoms with van der Waals surface area (Å²) >= 11 is 0. The fourth-order valence-corrected chi connectivity index (χ4v) is 2.91. The number of carbonyl (C=O) groups is 1. The first-order chi connectivity index (χ1) is 9.67. The van der Waals surface area contributed by atoms with Gasteiger partial charge in [-0.15, -0.1) is 0 Å². The molecule has 0 bridgehead atoms. The van der Waals surface area contributed by atoms with Crippen LogP contribution in [0.1, 0.15) is 39.3 Å². The Bertz CT molecular complexity index is 562. The minimum Gasteiger partial charge on any atom is -0.316 e. The highest BCUT2D eigenvalue weighted by Crippen LogP contribution is 2.31. The van der Waals surface area contributed by atoms with Crippen LogP contribution >= 0.6 is 0 Å². The lowest BCUT2D eigenvalue weighted by Gasteiger charge is -2.33. The average molecular weight is 275 g/mol. The summed E-state index contributed by atoms with van der Waals surface area (Å²) in [6, 6.07) is 0.194. The molecule has 20 heavy (non-hydrogen) atoms. The lowest BCUT2D eigenvalue weighted by atomic mass is 10.2. The lowest BCUT2D eigenvalue weighted by molar-refractivity contribution is 0.227. The predicted octanol–water partition coefficient (Wildman–Crippen LogP) is 2.09. The van der Waals surface area contributed by atoms with Crippen molar-refractivity contribution < 1.29 is 4.79 Å². The first-order valence-electron chi connectivity index (χ1n) is 7.39. The summed E-state index contributed by atoms with van der Waals surface area (Å²) in [5.41, 5.74) is 0.857. The van der Waals surface area contributed by atoms with Gasteiger partial charge in [-0.2, -0.15) is 0 Å². The maximum Gasteiger partial charge on any atom is 0.331 e. The molecule has 3 heterocycles. The molecule has 3 rings (SSSR count). The van der Waals surface area contributed by atoms with Crippen molar-refractivity contribution in [2.45, 2.75) is 46.2 Å². The number of fused-ring (bicyclic) bond motifs is 3. The third kappa shape index (κ3) is 1.82. The van der Waals surface area contributed by atoms with Crippen molar-refractivity contribution >= 4 is 17.7 Å². The van der Waals surface area contributed by atoms with Crippen LogP contribution in [0.3, 0.4) is 0 Å². The number of amides is 2. The molecule has 0 saturated carbocycles. The molecule has 1 aromatic heterocycles. The number of rotatable bonds is 4. The van der Waals surface area contributed by atoms with Crippen molar-refractivity contribution in [1.29, 1.82) is 0 Å². The summed E-state index contributed by atoms with van der Waals surface area (Å²) < 4.78 is 2.08. The Morgan fingerprint density at radius 1 is 1.30 bits per heavy atom. The molecule has 0 unspecified atom stereocenters. The van der Waals surface area contributed by atoms with E-state index in [-0.39, 0.29) is 12.1 Å². The van der Waals surface area contributed by atoms with Crippen molar-refractivity contribution in [3.63, 3.8) is 0 Å². The Kier molecular flexibility index (Phi) is 3.23. The third-order valence-electron chi connectivity index (χ3n) is 3.70. The summed E-state index contributed by atoms with van der Waals surface area (Å²) in [6.45, 7) is 8.50. The third-order valence-corrected chi connectivity index (χ3v) is 3.70. The van der Waals surface area contributed by atoms with Gasteiger partial charge < -0.3 is 4.57 Å². The molecule has 6 nitrogen and oxygen atoms in total. The maximum atomic E-state index is 12.7. The van der Waals surface area contributed by atoms with Crippen LogP contribution in [0.2, 0.25) is 0 Å². The lowest BCUT2D eigenvalue weighted by Crippen LogP contribution is -2.51. The molecule has 6 heteroatoms. The molecule has 1 aromatic rings. The molecule has 0 N–H and O–H groups in total. The van der Waals surface area contributed by atoms with Crippen LogP contribution in [-0.2, 0) is 6.54 Å². The molecule has 0 aromatic carbocycles. The van der Waals surface area contributed by atoms with Crippen molar-refractivity contribution in [3.8, 4) is 0 Å². The Morgan fingerprint density at radius 3 is 2.75 bits per heavy atom. The van der Waals surface area contributed by atoms with Gasteiger partial charge in [-0.1, -0.05) is 13.8 Å². The van der Waals surface area contributed by atoms with Gasteiger partial charge in [0.05, 0.1) is 18.9 Å². The van der Waals surface area contributed by atoms with Crippen molar-refractivity contribution in [3.05, 3.63) is 12.0 Å². The van der Waals surface area contributed by atoms with Gasteiger partial charge in [-0.3, -0.25) is 14.8 Å². The van der Waals surface area contributed by atoms with Gasteiger partial charge in [0.1, 0.15) is 11.5 Å². The second kappa shape index (κ2) is 4.92. The van der Waals surface area contributed by atoms with E-state index in [1.807, 2.05) is 18.2 Å². The van der Waals surface area contributed by atoms with E-state index in [1.165, 1.54) is 0 Å². The summed E-state index contributed by atoms with van der Waals surface area (Å²) in [6.07, 6.45) is 3.78. The largest absolute Gasteiger partial charge is 0.331 e. The molecule has 0 radical (unpaired) electrons. The van der Waals surface area contributed by atoms with Gasteiger partial charge in [0.2, 0.25) is 0 Å². The summed E-state index contributed by atoms with van der Waals surface area (Å²) in [5, 5.41) is 0. The second-order valence-corrected chi connectivity index (χ2v) is 5.46. The number of hydrogen-bond acceptors (Lipinski definition) is 3. The first-order valence-corrected chi connectivity index (χ1v) is 7.39. The minimum absolute atomic E-state index is 0.0419. The number of amidine groups is 1. The number of hydrogen-bond donors (Lipinski definition) is 0. The molecule has 0 spiro atoms. The molecule has 0 saturated heterocycles. The monoisotopic (exact) mass is 275 g/mol. The Morgan fingerprint density at radius 2 is 2.05 bits per heavy atom. The van der Waals surface area contributed by atoms with E-state index < -0.39 is 0 Å². The van der Waals surface area contributed by atoms with Gasteiger partial charge in [0.15, 0.2) is 5.84 Å². The van der Waals surface area contributed by atoms with Crippen molar-refractivity contribution in [1.82, 2.24) is 14.5 Å². The minimum atomic E-state index is 0.0419. The number of aromatic nitrogens is 2. The quantitative estimate of drug-likeness (QED) is 0.845. The molecule has 2 amide bonds. The number of aryl methyl sites for hydroxylation is 1. The number of aliphatic imine (C=N–C) groups is 1. The van der Waals surface area contributed by atoms with E-state index in [0.29, 0.717) is 6.54 Å². The smallest absolute Gasteiger partial charge is 0.316 e. The fourth-order valence-electron chi connectivity index (χ4n) is 2.91. The molecule has 2 aliphatic heterocycles. The number of imidazole rings is 1. The van der Waals surface area contributed by atoms with Gasteiger partial charge in [-0.25, -0.2) is 9.78 Å². The number of carbonyl (C=O) groups excluding carboxylic acids is 1. The normalized spacial score (nSPS) is 21.1. The van der Waals surface area contributed by atoms with Crippen LogP contribution in [0.5, 0.6) is 0 Å². The Labute approximate surface area is 119 Å². The van der Waals surface area contributed by atoms with Gasteiger partial charge in [0, 0.05) is 13.1 Å². The van der Waals surface area contributed by atoms with E-state index >= 15 is 0 Å². The Balaban J connectivity index is 2.11. The van der Waals surface area contributed by atoms with Crippen LogP contribution < -0.4 is 4.90 Å². The summed E-state index contributed by atoms with van der Waals surface area (Å²) in [4.78, 5) is 25.4. The molecular weight excluding hydrogens is 254 g/mol.